The van der Waals surface area contributed by atoms with E-state index < -0.39 is 26.3 Å². The van der Waals surface area contributed by atoms with E-state index in [2.05, 4.69) is 5.32 Å². The van der Waals surface area contributed by atoms with Crippen molar-refractivity contribution >= 4 is 27.1 Å². The maximum Gasteiger partial charge on any atom is 0.225 e. The first-order valence-electron chi connectivity index (χ1n) is 7.43. The maximum atomic E-state index is 13.2. The largest absolute Gasteiger partial charge is 0.354 e. The molecule has 4 nitrogen and oxygen atoms in total. The Morgan fingerprint density at radius 2 is 1.83 bits per heavy atom. The lowest BCUT2D eigenvalue weighted by Gasteiger charge is -2.22. The van der Waals surface area contributed by atoms with Gasteiger partial charge in [0.2, 0.25) is 5.91 Å². The van der Waals surface area contributed by atoms with Gasteiger partial charge >= 0.3 is 0 Å². The van der Waals surface area contributed by atoms with Crippen molar-refractivity contribution in [1.82, 2.24) is 5.32 Å². The molecule has 1 amide bonds. The average Bonchev–Trinajstić information content (AvgIpc) is 3.03. The zero-order valence-corrected chi connectivity index (χ0v) is 15.4. The number of halogens is 1. The molecule has 2 aromatic rings. The molecule has 0 radical (unpaired) electrons. The predicted molar refractivity (Wildman–Crippen MR) is 93.1 cm³/mol. The van der Waals surface area contributed by atoms with Crippen LogP contribution in [-0.2, 0) is 14.6 Å². The van der Waals surface area contributed by atoms with Crippen LogP contribution in [0.15, 0.2) is 46.0 Å². The van der Waals surface area contributed by atoms with E-state index >= 15 is 0 Å². The Morgan fingerprint density at radius 1 is 1.21 bits per heavy atom. The monoisotopic (exact) mass is 369 g/mol. The first-order valence-corrected chi connectivity index (χ1v) is 9.86. The number of nitrogens with one attached hydrogen (secondary N) is 1. The molecule has 1 atom stereocenters. The Kier molecular flexibility index (Phi) is 5.45. The van der Waals surface area contributed by atoms with Crippen LogP contribution in [0, 0.1) is 11.2 Å². The lowest BCUT2D eigenvalue weighted by molar-refractivity contribution is -0.128. The summed E-state index contributed by atoms with van der Waals surface area (Å²) in [5, 5.41) is 3.41. The minimum absolute atomic E-state index is 0.0675. The lowest BCUT2D eigenvalue weighted by Crippen LogP contribution is -2.38. The van der Waals surface area contributed by atoms with Crippen molar-refractivity contribution in [2.45, 2.75) is 30.2 Å². The first-order chi connectivity index (χ1) is 11.1. The van der Waals surface area contributed by atoms with Crippen molar-refractivity contribution in [3.8, 4) is 0 Å². The minimum atomic E-state index is -3.68. The number of carbonyl (C=O) groups is 1. The van der Waals surface area contributed by atoms with Crippen molar-refractivity contribution < 1.29 is 17.6 Å². The van der Waals surface area contributed by atoms with Gasteiger partial charge in [0.15, 0.2) is 9.84 Å². The van der Waals surface area contributed by atoms with Crippen LogP contribution in [-0.4, -0.2) is 20.9 Å². The molecule has 130 valence electrons. The van der Waals surface area contributed by atoms with Crippen molar-refractivity contribution in [3.63, 3.8) is 0 Å². The molecule has 0 bridgehead atoms. The second kappa shape index (κ2) is 7.03. The smallest absolute Gasteiger partial charge is 0.225 e. The van der Waals surface area contributed by atoms with E-state index in [1.54, 1.807) is 32.2 Å². The fraction of sp³-hybridized carbons (Fsp3) is 0.353. The van der Waals surface area contributed by atoms with Crippen LogP contribution in [0.5, 0.6) is 0 Å². The number of sulfone groups is 1. The molecule has 0 aliphatic carbocycles. The quantitative estimate of drug-likeness (QED) is 0.876. The van der Waals surface area contributed by atoms with E-state index in [1.807, 2.05) is 0 Å². The van der Waals surface area contributed by atoms with E-state index in [-0.39, 0.29) is 16.7 Å². The third-order valence-electron chi connectivity index (χ3n) is 3.52. The Labute approximate surface area is 145 Å². The number of rotatable bonds is 5. The second-order valence-electron chi connectivity index (χ2n) is 6.48. The number of amides is 1. The zero-order chi connectivity index (χ0) is 18.0. The Bertz CT molecular complexity index is 791. The molecule has 0 aliphatic rings. The first kappa shape index (κ1) is 18.6. The van der Waals surface area contributed by atoms with Gasteiger partial charge in [-0.05, 0) is 29.1 Å². The standard InChI is InChI=1S/C17H20FNO3S2/c1-17(2,3)16(20)19-11-14(12-6-8-13(18)9-7-12)24(21,22)15-5-4-10-23-15/h4-10,14H,11H2,1-3H3,(H,19,20)/t14-/m1/s1. The molecule has 0 unspecified atom stereocenters. The third kappa shape index (κ3) is 4.21. The summed E-state index contributed by atoms with van der Waals surface area (Å²) in [6, 6.07) is 8.51. The van der Waals surface area contributed by atoms with Gasteiger partial charge in [0.1, 0.15) is 15.3 Å². The van der Waals surface area contributed by atoms with Gasteiger partial charge in [0, 0.05) is 12.0 Å². The molecule has 1 heterocycles. The Morgan fingerprint density at radius 3 is 2.33 bits per heavy atom. The molecule has 0 fully saturated rings. The van der Waals surface area contributed by atoms with Gasteiger partial charge in [-0.25, -0.2) is 12.8 Å². The highest BCUT2D eigenvalue weighted by atomic mass is 32.2. The molecule has 0 saturated carbocycles. The van der Waals surface area contributed by atoms with E-state index in [0.29, 0.717) is 5.56 Å². The Hall–Kier alpha value is -1.73. The zero-order valence-electron chi connectivity index (χ0n) is 13.7. The van der Waals surface area contributed by atoms with Crippen molar-refractivity contribution in [2.75, 3.05) is 6.54 Å². The van der Waals surface area contributed by atoms with Crippen molar-refractivity contribution in [3.05, 3.63) is 53.2 Å². The number of hydrogen-bond donors (Lipinski definition) is 1. The topological polar surface area (TPSA) is 63.2 Å². The van der Waals surface area contributed by atoms with Gasteiger partial charge in [-0.2, -0.15) is 0 Å². The molecule has 0 saturated heterocycles. The number of benzene rings is 1. The van der Waals surface area contributed by atoms with Crippen molar-refractivity contribution in [2.24, 2.45) is 5.41 Å². The fourth-order valence-corrected chi connectivity index (χ4v) is 4.97. The Balaban J connectivity index is 2.35. The summed E-state index contributed by atoms with van der Waals surface area (Å²) in [5.41, 5.74) is -0.181. The SMILES string of the molecule is CC(C)(C)C(=O)NC[C@H](c1ccc(F)cc1)S(=O)(=O)c1cccs1. The summed E-state index contributed by atoms with van der Waals surface area (Å²) in [4.78, 5) is 12.1. The molecule has 0 spiro atoms. The highest BCUT2D eigenvalue weighted by Gasteiger charge is 2.31. The van der Waals surface area contributed by atoms with E-state index in [9.17, 15) is 17.6 Å². The molecule has 0 aliphatic heterocycles. The molecule has 1 N–H and O–H groups in total. The summed E-state index contributed by atoms with van der Waals surface area (Å²) in [5.74, 6) is -0.680. The van der Waals surface area contributed by atoms with Crippen LogP contribution < -0.4 is 5.32 Å². The highest BCUT2D eigenvalue weighted by Crippen LogP contribution is 2.31. The van der Waals surface area contributed by atoms with Crippen molar-refractivity contribution in [1.29, 1.82) is 0 Å². The van der Waals surface area contributed by atoms with Gasteiger partial charge in [-0.1, -0.05) is 39.0 Å². The van der Waals surface area contributed by atoms with Gasteiger partial charge in [0.05, 0.1) is 0 Å². The van der Waals surface area contributed by atoms with Gasteiger partial charge in [0.25, 0.3) is 0 Å². The number of thiophene rings is 1. The van der Waals surface area contributed by atoms with Crippen LogP contribution in [0.1, 0.15) is 31.6 Å². The fourth-order valence-electron chi connectivity index (χ4n) is 2.10. The second-order valence-corrected chi connectivity index (χ2v) is 9.78. The molecule has 2 rings (SSSR count). The summed E-state index contributed by atoms with van der Waals surface area (Å²) < 4.78 is 39.2. The van der Waals surface area contributed by atoms with Gasteiger partial charge in [-0.3, -0.25) is 4.79 Å². The molecule has 1 aromatic carbocycles. The van der Waals surface area contributed by atoms with Crippen LogP contribution in [0.4, 0.5) is 4.39 Å². The van der Waals surface area contributed by atoms with Gasteiger partial charge < -0.3 is 5.32 Å². The summed E-state index contributed by atoms with van der Waals surface area (Å²) in [6.07, 6.45) is 0. The van der Waals surface area contributed by atoms with Crippen LogP contribution >= 0.6 is 11.3 Å². The highest BCUT2D eigenvalue weighted by molar-refractivity contribution is 7.93. The maximum absolute atomic E-state index is 13.2. The normalized spacial score (nSPS) is 13.5. The van der Waals surface area contributed by atoms with E-state index in [4.69, 9.17) is 0 Å². The minimum Gasteiger partial charge on any atom is -0.354 e. The van der Waals surface area contributed by atoms with Crippen LogP contribution in [0.2, 0.25) is 0 Å². The average molecular weight is 369 g/mol. The summed E-state index contributed by atoms with van der Waals surface area (Å²) >= 11 is 1.12. The summed E-state index contributed by atoms with van der Waals surface area (Å²) in [7, 11) is -3.68. The van der Waals surface area contributed by atoms with Crippen LogP contribution in [0.3, 0.4) is 0 Å². The predicted octanol–water partition coefficient (Wildman–Crippen LogP) is 3.56. The molecule has 1 aromatic heterocycles. The van der Waals surface area contributed by atoms with Gasteiger partial charge in [-0.15, -0.1) is 11.3 Å². The van der Waals surface area contributed by atoms with E-state index in [0.717, 1.165) is 11.3 Å². The molecule has 7 heteroatoms. The number of carbonyl (C=O) groups excluding carboxylic acids is 1. The van der Waals surface area contributed by atoms with E-state index in [1.165, 1.54) is 30.3 Å². The summed E-state index contributed by atoms with van der Waals surface area (Å²) in [6.45, 7) is 5.19. The number of hydrogen-bond acceptors (Lipinski definition) is 4. The molecular formula is C17H20FNO3S2. The lowest BCUT2D eigenvalue weighted by atomic mass is 9.95. The van der Waals surface area contributed by atoms with Crippen LogP contribution in [0.25, 0.3) is 0 Å². The molecular weight excluding hydrogens is 349 g/mol. The third-order valence-corrected chi connectivity index (χ3v) is 7.05. The molecule has 24 heavy (non-hydrogen) atoms.